The van der Waals surface area contributed by atoms with Crippen molar-refractivity contribution in [1.82, 2.24) is 5.32 Å². The molecule has 0 aliphatic carbocycles. The monoisotopic (exact) mass is 456 g/mol. The summed E-state index contributed by atoms with van der Waals surface area (Å²) >= 11 is 0. The van der Waals surface area contributed by atoms with Crippen LogP contribution in [0, 0.1) is 0 Å². The van der Waals surface area contributed by atoms with E-state index >= 15 is 0 Å². The zero-order valence-corrected chi connectivity index (χ0v) is 19.0. The molecule has 33 heavy (non-hydrogen) atoms. The summed E-state index contributed by atoms with van der Waals surface area (Å²) in [6.07, 6.45) is -3.55. The van der Waals surface area contributed by atoms with Gasteiger partial charge in [0.05, 0.1) is 6.54 Å². The van der Waals surface area contributed by atoms with E-state index in [2.05, 4.69) is 10.6 Å². The van der Waals surface area contributed by atoms with Crippen LogP contribution in [0.1, 0.15) is 27.7 Å². The van der Waals surface area contributed by atoms with E-state index in [1.165, 1.54) is 0 Å². The molecule has 3 fully saturated rings. The van der Waals surface area contributed by atoms with E-state index < -0.39 is 48.2 Å². The normalized spacial score (nSPS) is 31.6. The lowest BCUT2D eigenvalue weighted by atomic mass is 9.98. The third-order valence-corrected chi connectivity index (χ3v) is 5.90. The summed E-state index contributed by atoms with van der Waals surface area (Å²) in [5, 5.41) is 7.44. The largest absolute Gasteiger partial charge is 0.345 e. The first-order chi connectivity index (χ1) is 15.6. The summed E-state index contributed by atoms with van der Waals surface area (Å²) in [5.41, 5.74) is 0.678. The van der Waals surface area contributed by atoms with Crippen LogP contribution in [-0.2, 0) is 33.3 Å². The molecule has 3 saturated heterocycles. The van der Waals surface area contributed by atoms with Crippen LogP contribution >= 0.6 is 0 Å². The maximum absolute atomic E-state index is 13.0. The minimum atomic E-state index is -1.01. The Morgan fingerprint density at radius 3 is 2.33 bits per heavy atom. The highest BCUT2D eigenvalue weighted by Gasteiger charge is 2.62. The fraction of sp³-hybridized carbons (Fsp3) is 0.500. The fourth-order valence-electron chi connectivity index (χ4n) is 4.62. The van der Waals surface area contributed by atoms with Gasteiger partial charge in [0.25, 0.3) is 5.91 Å². The quantitative estimate of drug-likeness (QED) is 0.727. The van der Waals surface area contributed by atoms with E-state index in [0.29, 0.717) is 5.69 Å². The highest BCUT2D eigenvalue weighted by molar-refractivity contribution is 6.03. The Bertz CT molecular complexity index is 1080. The molecule has 0 radical (unpaired) electrons. The Morgan fingerprint density at radius 1 is 0.848 bits per heavy atom. The van der Waals surface area contributed by atoms with Crippen LogP contribution in [0.15, 0.2) is 42.5 Å². The second-order valence-corrected chi connectivity index (χ2v) is 9.38. The first kappa shape index (κ1) is 22.2. The van der Waals surface area contributed by atoms with E-state index in [9.17, 15) is 9.59 Å². The van der Waals surface area contributed by atoms with Crippen molar-refractivity contribution in [3.8, 4) is 0 Å². The van der Waals surface area contributed by atoms with Crippen LogP contribution in [0.25, 0.3) is 10.8 Å². The summed E-state index contributed by atoms with van der Waals surface area (Å²) in [4.78, 5) is 25.6. The number of amides is 2. The van der Waals surface area contributed by atoms with E-state index in [-0.39, 0.29) is 12.5 Å². The third-order valence-electron chi connectivity index (χ3n) is 5.90. The number of hydrogen-bond acceptors (Lipinski definition) is 7. The van der Waals surface area contributed by atoms with Gasteiger partial charge in [0.1, 0.15) is 18.3 Å². The molecule has 0 saturated carbocycles. The van der Waals surface area contributed by atoms with E-state index in [1.807, 2.05) is 42.5 Å². The molecule has 0 bridgehead atoms. The van der Waals surface area contributed by atoms with Crippen molar-refractivity contribution >= 4 is 28.3 Å². The lowest BCUT2D eigenvalue weighted by Crippen LogP contribution is -2.59. The molecular formula is C24H28N2O7. The molecule has 5 atom stereocenters. The predicted octanol–water partition coefficient (Wildman–Crippen LogP) is 2.29. The summed E-state index contributed by atoms with van der Waals surface area (Å²) in [6.45, 7) is 6.87. The van der Waals surface area contributed by atoms with Gasteiger partial charge in [0.15, 0.2) is 24.0 Å². The highest BCUT2D eigenvalue weighted by Crippen LogP contribution is 2.44. The first-order valence-electron chi connectivity index (χ1n) is 11.0. The van der Waals surface area contributed by atoms with Crippen LogP contribution in [0.4, 0.5) is 5.69 Å². The topological polar surface area (TPSA) is 104 Å². The minimum absolute atomic E-state index is 0.222. The van der Waals surface area contributed by atoms with Gasteiger partial charge < -0.3 is 34.3 Å². The van der Waals surface area contributed by atoms with Crippen LogP contribution in [0.3, 0.4) is 0 Å². The predicted molar refractivity (Wildman–Crippen MR) is 118 cm³/mol. The average molecular weight is 456 g/mol. The van der Waals surface area contributed by atoms with Gasteiger partial charge in [0.2, 0.25) is 5.91 Å². The number of carbonyl (C=O) groups is 2. The zero-order valence-electron chi connectivity index (χ0n) is 19.0. The number of ether oxygens (including phenoxy) is 5. The standard InChI is InChI=1S/C24H28N2O7/c1-23(2)30-17-18(31-23)20-22(33-24(3,4)32-20)29-19(17)21(28)25-12-16(27)26-15-11-7-9-13-8-5-6-10-14(13)15/h5-11,17-20,22H,12H2,1-4H3,(H,25,28)(H,26,27)/t17-,18+,19?,20-,22-/m1/s1. The van der Waals surface area contributed by atoms with E-state index in [1.54, 1.807) is 27.7 Å². The highest BCUT2D eigenvalue weighted by atomic mass is 16.9. The molecule has 176 valence electrons. The average Bonchev–Trinajstić information content (AvgIpc) is 3.25. The lowest BCUT2D eigenvalue weighted by Gasteiger charge is -2.36. The number of hydrogen-bond donors (Lipinski definition) is 2. The lowest BCUT2D eigenvalue weighted by molar-refractivity contribution is -0.231. The van der Waals surface area contributed by atoms with Crippen molar-refractivity contribution in [2.45, 2.75) is 70.0 Å². The van der Waals surface area contributed by atoms with Crippen molar-refractivity contribution in [2.75, 3.05) is 11.9 Å². The van der Waals surface area contributed by atoms with E-state index in [4.69, 9.17) is 23.7 Å². The summed E-state index contributed by atoms with van der Waals surface area (Å²) in [5.74, 6) is -2.62. The number of rotatable bonds is 4. The molecule has 0 spiro atoms. The molecule has 2 aromatic rings. The van der Waals surface area contributed by atoms with Crippen molar-refractivity contribution in [1.29, 1.82) is 0 Å². The molecule has 9 heteroatoms. The van der Waals surface area contributed by atoms with Gasteiger partial charge >= 0.3 is 0 Å². The Hall–Kier alpha value is -2.56. The molecule has 0 aromatic heterocycles. The fourth-order valence-corrected chi connectivity index (χ4v) is 4.62. The molecule has 1 unspecified atom stereocenters. The number of carbonyl (C=O) groups excluding carboxylic acids is 2. The van der Waals surface area contributed by atoms with Gasteiger partial charge in [-0.2, -0.15) is 0 Å². The molecule has 2 amide bonds. The maximum atomic E-state index is 13.0. The zero-order chi connectivity index (χ0) is 23.4. The van der Waals surface area contributed by atoms with Gasteiger partial charge in [-0.05, 0) is 39.1 Å². The van der Waals surface area contributed by atoms with Crippen molar-refractivity contribution in [2.24, 2.45) is 0 Å². The summed E-state index contributed by atoms with van der Waals surface area (Å²) < 4.78 is 29.7. The molecule has 5 rings (SSSR count). The second kappa shape index (κ2) is 8.03. The summed E-state index contributed by atoms with van der Waals surface area (Å²) in [6, 6.07) is 13.4. The van der Waals surface area contributed by atoms with E-state index in [0.717, 1.165) is 10.8 Å². The third kappa shape index (κ3) is 4.34. The number of benzene rings is 2. The molecule has 3 heterocycles. The van der Waals surface area contributed by atoms with Gasteiger partial charge in [-0.3, -0.25) is 9.59 Å². The molecule has 3 aliphatic heterocycles. The number of fused-ring (bicyclic) bond motifs is 4. The first-order valence-corrected chi connectivity index (χ1v) is 11.0. The summed E-state index contributed by atoms with van der Waals surface area (Å²) in [7, 11) is 0. The van der Waals surface area contributed by atoms with Gasteiger partial charge in [-0.1, -0.05) is 36.4 Å². The Labute approximate surface area is 191 Å². The Morgan fingerprint density at radius 2 is 1.52 bits per heavy atom. The molecule has 3 aliphatic rings. The van der Waals surface area contributed by atoms with Crippen LogP contribution in [-0.4, -0.2) is 60.6 Å². The second-order valence-electron chi connectivity index (χ2n) is 9.38. The van der Waals surface area contributed by atoms with Gasteiger partial charge in [-0.25, -0.2) is 0 Å². The van der Waals surface area contributed by atoms with Crippen LogP contribution < -0.4 is 10.6 Å². The smallest absolute Gasteiger partial charge is 0.252 e. The van der Waals surface area contributed by atoms with Crippen LogP contribution in [0.2, 0.25) is 0 Å². The number of nitrogens with one attached hydrogen (secondary N) is 2. The molecule has 2 N–H and O–H groups in total. The van der Waals surface area contributed by atoms with Crippen molar-refractivity contribution < 1.29 is 33.3 Å². The van der Waals surface area contributed by atoms with Gasteiger partial charge in [-0.15, -0.1) is 0 Å². The minimum Gasteiger partial charge on any atom is -0.345 e. The SMILES string of the molecule is CC1(C)O[C@H]2OC(C(=O)NCC(=O)Nc3cccc4ccccc34)[C@@H]3OC(C)(C)O[C@@H]3[C@H]2O1. The van der Waals surface area contributed by atoms with Crippen molar-refractivity contribution in [3.63, 3.8) is 0 Å². The maximum Gasteiger partial charge on any atom is 0.252 e. The Balaban J connectivity index is 1.26. The molecular weight excluding hydrogens is 428 g/mol. The number of anilines is 1. The van der Waals surface area contributed by atoms with Crippen LogP contribution in [0.5, 0.6) is 0 Å². The van der Waals surface area contributed by atoms with Crippen molar-refractivity contribution in [3.05, 3.63) is 42.5 Å². The van der Waals surface area contributed by atoms with Gasteiger partial charge in [0, 0.05) is 11.1 Å². The molecule has 2 aromatic carbocycles. The molecule has 9 nitrogen and oxygen atoms in total. The Kier molecular flexibility index (Phi) is 5.42.